The topological polar surface area (TPSA) is 0 Å². The van der Waals surface area contributed by atoms with Gasteiger partial charge < -0.3 is 7.43 Å². The van der Waals surface area contributed by atoms with E-state index in [1.807, 2.05) is 0 Å². The summed E-state index contributed by atoms with van der Waals surface area (Å²) < 4.78 is 0. The molecule has 0 spiro atoms. The quantitative estimate of drug-likeness (QED) is 0.283. The second-order valence-electron chi connectivity index (χ2n) is 5.30. The van der Waals surface area contributed by atoms with Gasteiger partial charge >= 0.3 is 0 Å². The van der Waals surface area contributed by atoms with Gasteiger partial charge in [0.15, 0.2) is 0 Å². The predicted octanol–water partition coefficient (Wildman–Crippen LogP) is 4.87. The zero-order valence-electron chi connectivity index (χ0n) is 29.3. The van der Waals surface area contributed by atoms with Crippen LogP contribution in [0, 0.1) is 35.1 Å². The molecule has 2 aromatic carbocycles. The summed E-state index contributed by atoms with van der Waals surface area (Å²) in [6.07, 6.45) is 1.11. The molecule has 2 aromatic rings. The van der Waals surface area contributed by atoms with Crippen LogP contribution in [0.5, 0.6) is 0 Å². The van der Waals surface area contributed by atoms with Crippen LogP contribution in [0.15, 0.2) is 24.3 Å². The summed E-state index contributed by atoms with van der Waals surface area (Å²) in [6, 6.07) is 9.25. The van der Waals surface area contributed by atoms with Gasteiger partial charge in [0, 0.05) is 981 Å². The van der Waals surface area contributed by atoms with E-state index in [0.29, 0.717) is 0 Å². The molecule has 184 valence electrons. The smallest absolute Gasteiger partial charge is 0 e. The maximum atomic E-state index is 2.36. The Balaban J connectivity index is -0.00000000431. The van der Waals surface area contributed by atoms with Crippen LogP contribution in [0.3, 0.4) is 0 Å². The fourth-order valence-electron chi connectivity index (χ4n) is 2.82. The van der Waals surface area contributed by atoms with Gasteiger partial charge in [-0.05, 0) is 78.6 Å². The van der Waals surface area contributed by atoms with Crippen molar-refractivity contribution in [2.45, 2.75) is 34.1 Å². The molecule has 0 N–H and O–H groups in total. The first-order chi connectivity index (χ1) is 8.08. The molecule has 1 aliphatic rings. The van der Waals surface area contributed by atoms with E-state index in [4.69, 9.17) is 0 Å². The molecule has 0 saturated carbocycles. The van der Waals surface area contributed by atoms with Crippen molar-refractivity contribution in [3.63, 3.8) is 0 Å². The van der Waals surface area contributed by atoms with Crippen LogP contribution in [0.1, 0.15) is 33.4 Å². The zero-order chi connectivity index (χ0) is 12.2. The fourth-order valence-corrected chi connectivity index (χ4v) is 2.82. The van der Waals surface area contributed by atoms with Gasteiger partial charge in [0.25, 0.3) is 0 Å². The molecule has 1 aliphatic carbocycles. The summed E-state index contributed by atoms with van der Waals surface area (Å²) in [7, 11) is 0. The van der Waals surface area contributed by atoms with Gasteiger partial charge in [0.2, 0.25) is 0 Å². The third-order valence-corrected chi connectivity index (χ3v) is 4.25. The third kappa shape index (κ3) is 86.3. The molecule has 30 heteroatoms. The number of benzene rings is 2. The van der Waals surface area contributed by atoms with Crippen molar-refractivity contribution < 1.29 is 981 Å². The summed E-state index contributed by atoms with van der Waals surface area (Å²) in [5.41, 5.74) is 11.6. The van der Waals surface area contributed by atoms with E-state index >= 15 is 0 Å². The van der Waals surface area contributed by atoms with Gasteiger partial charge in [-0.3, -0.25) is 0 Å². The molecule has 48 heavy (non-hydrogen) atoms. The van der Waals surface area contributed by atoms with Gasteiger partial charge in [-0.1, -0.05) is 24.3 Å². The summed E-state index contributed by atoms with van der Waals surface area (Å²) >= 11 is 0. The maximum Gasteiger partial charge on any atom is 0 e. The fraction of sp³-hybridized carbons (Fsp3) is 0.278. The molecular weight excluding hydrogens is 2880 g/mol. The van der Waals surface area contributed by atoms with Gasteiger partial charge in [0.1, 0.15) is 0 Å². The van der Waals surface area contributed by atoms with Crippen LogP contribution in [-0.4, -0.2) is 0 Å². The van der Waals surface area contributed by atoms with Crippen molar-refractivity contribution >= 4 is 0 Å². The Morgan fingerprint density at radius 3 is 0.833 bits per heavy atom. The van der Waals surface area contributed by atoms with E-state index in [1.165, 1.54) is 44.5 Å². The average molecular weight is 2900 g/mol. The van der Waals surface area contributed by atoms with E-state index in [-0.39, 0.29) is 989 Å². The molecule has 3 rings (SSSR count). The summed E-state index contributed by atoms with van der Waals surface area (Å²) in [5, 5.41) is 0. The normalized spacial score (nSPS) is 4.42. The van der Waals surface area contributed by atoms with Crippen LogP contribution >= 0.6 is 0 Å². The van der Waals surface area contributed by atoms with Crippen molar-refractivity contribution in [2.75, 3.05) is 0 Å². The molecule has 0 heterocycles. The molecule has 0 unspecified atom stereocenters. The maximum absolute atomic E-state index is 2.36. The Labute approximate surface area is 1050 Å². The predicted molar refractivity (Wildman–Crippen MR) is 80.0 cm³/mol. The molecule has 0 bridgehead atoms. The molecule has 0 aliphatic heterocycles. The summed E-state index contributed by atoms with van der Waals surface area (Å²) in [4.78, 5) is 0. The van der Waals surface area contributed by atoms with Crippen LogP contribution in [-0.2, 0) is 988 Å². The molecule has 0 aromatic heterocycles. The minimum Gasteiger partial charge on any atom is -0.358 e. The van der Waals surface area contributed by atoms with Crippen LogP contribution in [0.25, 0.3) is 11.1 Å². The summed E-state index contributed by atoms with van der Waals surface area (Å²) in [6.45, 7) is 8.86. The van der Waals surface area contributed by atoms with E-state index in [1.54, 1.807) is 0 Å². The first-order valence-electron chi connectivity index (χ1n) is 6.27. The molecular formula is C18H21Y30-. The molecule has 0 saturated heterocycles. The second-order valence-corrected chi connectivity index (χ2v) is 5.30. The zero-order valence-corrected chi connectivity index (χ0v) is 114. The minimum atomic E-state index is 0. The van der Waals surface area contributed by atoms with E-state index in [0.717, 1.165) is 6.42 Å². The Hall–Kier alpha value is 31.6. The van der Waals surface area contributed by atoms with Gasteiger partial charge in [-0.15, -0.1) is 0 Å². The molecule has 0 amide bonds. The third-order valence-electron chi connectivity index (χ3n) is 4.25. The first kappa shape index (κ1) is 192. The number of rotatable bonds is 0. The van der Waals surface area contributed by atoms with Crippen molar-refractivity contribution in [3.05, 3.63) is 65.1 Å². The van der Waals surface area contributed by atoms with Gasteiger partial charge in [0.05, 0.1) is 0 Å². The summed E-state index contributed by atoms with van der Waals surface area (Å²) in [5.74, 6) is 0. The van der Waals surface area contributed by atoms with Crippen molar-refractivity contribution in [1.29, 1.82) is 0 Å². The van der Waals surface area contributed by atoms with Crippen molar-refractivity contribution in [1.82, 2.24) is 0 Å². The molecule has 0 atom stereocenters. The van der Waals surface area contributed by atoms with Gasteiger partial charge in [-0.2, -0.15) is 0 Å². The SMILES string of the molecule is Cc1cc2c(cc1C)-c1ccc(C)c(C)c1C2.[CH3-].[Y].[Y].[Y].[Y].[Y].[Y].[Y].[Y].[Y].[Y].[Y].[Y].[Y].[Y].[Y].[Y].[Y].[Y].[Y].[Y].[Y].[Y].[Y].[Y].[Y].[Y].[Y].[Y].[Y].[Y]. The Bertz CT molecular complexity index is 664. The Kier molecular flexibility index (Phi) is 516. The largest absolute Gasteiger partial charge is 0.358 e. The number of fused-ring (bicyclic) bond motifs is 3. The number of hydrogen-bond donors (Lipinski definition) is 0. The minimum absolute atomic E-state index is 0. The Morgan fingerprint density at radius 1 is 0.312 bits per heavy atom. The average Bonchev–Trinajstić information content (AvgIpc) is 2.63. The monoisotopic (exact) mass is 2900 g/mol. The standard InChI is InChI=1S/C17H18.CH3.30Y/c1-10-5-6-15-16(13(10)4)9-14-7-11(2)12(3)8-17(14)15;;;;;;;;;;;;;;;;;;;;;;;;;;;;;;;/h5-8H,9H2,1-4H3;1H3;;;;;;;;;;;;;;;;;;;;;;;;;;;;;;/q;-1;;;;;;;;;;;;;;;;;;;;;;;;;;;;;;. The molecule has 30 radical (unpaired) electrons. The van der Waals surface area contributed by atoms with Crippen LogP contribution < -0.4 is 0 Å². The van der Waals surface area contributed by atoms with E-state index in [9.17, 15) is 0 Å². The van der Waals surface area contributed by atoms with Crippen molar-refractivity contribution in [3.8, 4) is 11.1 Å². The Morgan fingerprint density at radius 2 is 0.562 bits per heavy atom. The van der Waals surface area contributed by atoms with Crippen molar-refractivity contribution in [2.24, 2.45) is 0 Å². The molecule has 0 fully saturated rings. The van der Waals surface area contributed by atoms with Gasteiger partial charge in [-0.25, -0.2) is 0 Å². The van der Waals surface area contributed by atoms with E-state index in [2.05, 4.69) is 52.0 Å². The van der Waals surface area contributed by atoms with E-state index < -0.39 is 0 Å². The van der Waals surface area contributed by atoms with Crippen LogP contribution in [0.4, 0.5) is 0 Å². The molecule has 0 nitrogen and oxygen atoms in total. The number of hydrogen-bond acceptors (Lipinski definition) is 0. The first-order valence-corrected chi connectivity index (χ1v) is 6.27. The second kappa shape index (κ2) is 129. The van der Waals surface area contributed by atoms with Crippen LogP contribution in [0.2, 0.25) is 0 Å². The number of aryl methyl sites for hydroxylation is 3.